The van der Waals surface area contributed by atoms with Crippen LogP contribution in [-0.2, 0) is 11.3 Å². The lowest BCUT2D eigenvalue weighted by Gasteiger charge is -2.12. The maximum atomic E-state index is 13.6. The Bertz CT molecular complexity index is 1510. The Hall–Kier alpha value is -3.88. The van der Waals surface area contributed by atoms with Gasteiger partial charge in [-0.3, -0.25) is 4.79 Å². The van der Waals surface area contributed by atoms with Crippen molar-refractivity contribution in [2.45, 2.75) is 13.5 Å². The first-order chi connectivity index (χ1) is 17.6. The normalized spacial score (nSPS) is 10.9. The van der Waals surface area contributed by atoms with Gasteiger partial charge in [0.25, 0.3) is 5.91 Å². The van der Waals surface area contributed by atoms with Crippen molar-refractivity contribution in [1.82, 2.24) is 4.57 Å². The molecule has 0 aliphatic heterocycles. The zero-order chi connectivity index (χ0) is 25.1. The van der Waals surface area contributed by atoms with Crippen molar-refractivity contribution < 1.29 is 19.1 Å². The maximum Gasteiger partial charge on any atom is 0.341 e. The number of esters is 1. The summed E-state index contributed by atoms with van der Waals surface area (Å²) in [6, 6.07) is 21.4. The molecule has 3 heterocycles. The minimum absolute atomic E-state index is 0.236. The molecule has 0 fully saturated rings. The van der Waals surface area contributed by atoms with Gasteiger partial charge < -0.3 is 19.4 Å². The molecule has 5 aromatic rings. The summed E-state index contributed by atoms with van der Waals surface area (Å²) in [6.07, 6.45) is 0. The van der Waals surface area contributed by atoms with Crippen molar-refractivity contribution in [3.05, 3.63) is 94.3 Å². The van der Waals surface area contributed by atoms with Crippen LogP contribution >= 0.6 is 22.7 Å². The zero-order valence-electron chi connectivity index (χ0n) is 19.8. The van der Waals surface area contributed by atoms with E-state index < -0.39 is 5.97 Å². The number of ether oxygens (including phenoxy) is 2. The van der Waals surface area contributed by atoms with E-state index in [2.05, 4.69) is 5.32 Å². The van der Waals surface area contributed by atoms with E-state index in [-0.39, 0.29) is 12.5 Å². The SMILES string of the molecule is CCOC(=O)c1c(-c2ccc(OC)cc2)csc1NC(=O)c1cc2sccc2n1Cc1ccccc1. The number of aromatic nitrogens is 1. The molecule has 0 bridgehead atoms. The third-order valence-electron chi connectivity index (χ3n) is 5.84. The standard InChI is InChI=1S/C28H24N2O4S2/c1-3-34-28(32)25-21(19-9-11-20(33-2)12-10-19)17-36-27(25)29-26(31)23-15-24-22(13-14-35-24)30(23)16-18-7-5-4-6-8-18/h4-15,17H,3,16H2,1-2H3,(H,29,31). The van der Waals surface area contributed by atoms with Crippen LogP contribution in [0.3, 0.4) is 0 Å². The predicted molar refractivity (Wildman–Crippen MR) is 146 cm³/mol. The van der Waals surface area contributed by atoms with Gasteiger partial charge in [0.05, 0.1) is 23.9 Å². The van der Waals surface area contributed by atoms with Crippen molar-refractivity contribution in [3.63, 3.8) is 0 Å². The number of anilines is 1. The van der Waals surface area contributed by atoms with E-state index in [1.807, 2.05) is 82.1 Å². The van der Waals surface area contributed by atoms with Gasteiger partial charge in [-0.2, -0.15) is 0 Å². The number of hydrogen-bond acceptors (Lipinski definition) is 6. The first-order valence-electron chi connectivity index (χ1n) is 11.4. The molecule has 2 aromatic carbocycles. The number of benzene rings is 2. The highest BCUT2D eigenvalue weighted by Gasteiger charge is 2.25. The summed E-state index contributed by atoms with van der Waals surface area (Å²) in [7, 11) is 1.61. The van der Waals surface area contributed by atoms with Gasteiger partial charge in [-0.15, -0.1) is 22.7 Å². The molecular weight excluding hydrogens is 492 g/mol. The Labute approximate surface area is 216 Å². The Balaban J connectivity index is 1.51. The number of hydrogen-bond donors (Lipinski definition) is 1. The van der Waals surface area contributed by atoms with Gasteiger partial charge in [-0.05, 0) is 47.7 Å². The van der Waals surface area contributed by atoms with Crippen LogP contribution in [0.5, 0.6) is 5.75 Å². The highest BCUT2D eigenvalue weighted by Crippen LogP contribution is 2.37. The number of nitrogens with one attached hydrogen (secondary N) is 1. The predicted octanol–water partition coefficient (Wildman–Crippen LogP) is 6.92. The van der Waals surface area contributed by atoms with Gasteiger partial charge in [-0.1, -0.05) is 42.5 Å². The number of amides is 1. The lowest BCUT2D eigenvalue weighted by Crippen LogP contribution is -2.18. The molecule has 1 amide bonds. The summed E-state index contributed by atoms with van der Waals surface area (Å²) in [6.45, 7) is 2.56. The van der Waals surface area contributed by atoms with Crippen LogP contribution in [0.2, 0.25) is 0 Å². The molecule has 0 saturated carbocycles. The van der Waals surface area contributed by atoms with E-state index in [0.29, 0.717) is 28.4 Å². The molecule has 0 saturated heterocycles. The summed E-state index contributed by atoms with van der Waals surface area (Å²) in [5.41, 5.74) is 4.53. The van der Waals surface area contributed by atoms with Gasteiger partial charge in [-0.25, -0.2) is 4.79 Å². The van der Waals surface area contributed by atoms with Gasteiger partial charge in [0.1, 0.15) is 22.0 Å². The lowest BCUT2D eigenvalue weighted by atomic mass is 10.0. The average molecular weight is 517 g/mol. The van der Waals surface area contributed by atoms with Crippen LogP contribution in [-0.4, -0.2) is 30.2 Å². The number of methoxy groups -OCH3 is 1. The van der Waals surface area contributed by atoms with E-state index in [0.717, 1.165) is 27.1 Å². The largest absolute Gasteiger partial charge is 0.497 e. The molecule has 0 radical (unpaired) electrons. The Morgan fingerprint density at radius 2 is 1.78 bits per heavy atom. The van der Waals surface area contributed by atoms with Crippen LogP contribution < -0.4 is 10.1 Å². The summed E-state index contributed by atoms with van der Waals surface area (Å²) in [5.74, 6) is -0.0251. The molecule has 5 rings (SSSR count). The molecular formula is C28H24N2O4S2. The van der Waals surface area contributed by atoms with Crippen molar-refractivity contribution in [1.29, 1.82) is 0 Å². The van der Waals surface area contributed by atoms with E-state index in [4.69, 9.17) is 9.47 Å². The highest BCUT2D eigenvalue weighted by atomic mass is 32.1. The second kappa shape index (κ2) is 10.4. The fourth-order valence-corrected chi connectivity index (χ4v) is 5.88. The fraction of sp³-hybridized carbons (Fsp3) is 0.143. The zero-order valence-corrected chi connectivity index (χ0v) is 21.4. The van der Waals surface area contributed by atoms with Gasteiger partial charge in [0.2, 0.25) is 0 Å². The topological polar surface area (TPSA) is 69.6 Å². The van der Waals surface area contributed by atoms with Crippen LogP contribution in [0.1, 0.15) is 33.3 Å². The third kappa shape index (κ3) is 4.65. The lowest BCUT2D eigenvalue weighted by molar-refractivity contribution is 0.0529. The van der Waals surface area contributed by atoms with Crippen LogP contribution in [0, 0.1) is 0 Å². The first kappa shape index (κ1) is 23.8. The smallest absolute Gasteiger partial charge is 0.341 e. The molecule has 3 aromatic heterocycles. The van der Waals surface area contributed by atoms with Crippen molar-refractivity contribution in [2.75, 3.05) is 19.0 Å². The molecule has 8 heteroatoms. The Kier molecular flexibility index (Phi) is 6.88. The Morgan fingerprint density at radius 1 is 1.00 bits per heavy atom. The number of fused-ring (bicyclic) bond motifs is 1. The van der Waals surface area contributed by atoms with Gasteiger partial charge in [0, 0.05) is 17.5 Å². The van der Waals surface area contributed by atoms with E-state index in [9.17, 15) is 9.59 Å². The average Bonchev–Trinajstić information content (AvgIpc) is 3.61. The summed E-state index contributed by atoms with van der Waals surface area (Å²) in [5, 5.41) is 7.34. The fourth-order valence-electron chi connectivity index (χ4n) is 4.11. The molecule has 0 aliphatic carbocycles. The second-order valence-electron chi connectivity index (χ2n) is 8.03. The molecule has 0 aliphatic rings. The number of nitrogens with zero attached hydrogens (tertiary/aromatic N) is 1. The van der Waals surface area contributed by atoms with E-state index >= 15 is 0 Å². The van der Waals surface area contributed by atoms with Crippen LogP contribution in [0.25, 0.3) is 21.3 Å². The minimum atomic E-state index is -0.472. The number of rotatable bonds is 8. The number of carbonyl (C=O) groups excluding carboxylic acids is 2. The Morgan fingerprint density at radius 3 is 2.50 bits per heavy atom. The van der Waals surface area contributed by atoms with Crippen LogP contribution in [0.4, 0.5) is 5.00 Å². The van der Waals surface area contributed by atoms with Crippen molar-refractivity contribution in [2.24, 2.45) is 0 Å². The first-order valence-corrected chi connectivity index (χ1v) is 13.2. The summed E-state index contributed by atoms with van der Waals surface area (Å²) in [4.78, 5) is 26.5. The quantitative estimate of drug-likeness (QED) is 0.227. The monoisotopic (exact) mass is 516 g/mol. The molecule has 182 valence electrons. The molecule has 0 spiro atoms. The van der Waals surface area contributed by atoms with Crippen molar-refractivity contribution >= 4 is 49.8 Å². The molecule has 1 N–H and O–H groups in total. The molecule has 0 atom stereocenters. The third-order valence-corrected chi connectivity index (χ3v) is 7.59. The van der Waals surface area contributed by atoms with Gasteiger partial charge >= 0.3 is 5.97 Å². The summed E-state index contributed by atoms with van der Waals surface area (Å²) >= 11 is 2.90. The van der Waals surface area contributed by atoms with Crippen molar-refractivity contribution in [3.8, 4) is 16.9 Å². The molecule has 0 unspecified atom stereocenters. The van der Waals surface area contributed by atoms with E-state index in [1.54, 1.807) is 25.4 Å². The second-order valence-corrected chi connectivity index (χ2v) is 9.86. The number of carbonyl (C=O) groups is 2. The minimum Gasteiger partial charge on any atom is -0.497 e. The number of thiophene rings is 2. The van der Waals surface area contributed by atoms with E-state index in [1.165, 1.54) is 11.3 Å². The van der Waals surface area contributed by atoms with Crippen LogP contribution in [0.15, 0.2) is 77.5 Å². The van der Waals surface area contributed by atoms with Gasteiger partial charge in [0.15, 0.2) is 0 Å². The molecule has 36 heavy (non-hydrogen) atoms. The summed E-state index contributed by atoms with van der Waals surface area (Å²) < 4.78 is 13.6. The highest BCUT2D eigenvalue weighted by molar-refractivity contribution is 7.17. The maximum absolute atomic E-state index is 13.6. The molecule has 6 nitrogen and oxygen atoms in total.